The number of rotatable bonds is 3. The molecule has 2 rings (SSSR count). The SMILES string of the molecule is Cc1cc(C)c2c(c1C)OC(C)(C(=O)O)C(O[SiH](C)C)(C(C)(C)C)C2. The van der Waals surface area contributed by atoms with E-state index in [4.69, 9.17) is 9.16 Å². The van der Waals surface area contributed by atoms with Crippen LogP contribution in [0.4, 0.5) is 0 Å². The van der Waals surface area contributed by atoms with Crippen LogP contribution in [0, 0.1) is 26.2 Å². The highest BCUT2D eigenvalue weighted by Gasteiger charge is 2.65. The number of benzene rings is 1. The number of hydrogen-bond donors (Lipinski definition) is 1. The molecule has 1 N–H and O–H groups in total. The van der Waals surface area contributed by atoms with Gasteiger partial charge in [0.2, 0.25) is 5.60 Å². The molecule has 1 aliphatic rings. The fourth-order valence-electron chi connectivity index (χ4n) is 4.10. The summed E-state index contributed by atoms with van der Waals surface area (Å²) in [6.07, 6.45) is 0.548. The second kappa shape index (κ2) is 6.13. The van der Waals surface area contributed by atoms with Crippen LogP contribution in [0.1, 0.15) is 49.9 Å². The molecule has 0 aromatic heterocycles. The fraction of sp³-hybridized carbons (Fsp3) is 0.650. The molecule has 0 aliphatic carbocycles. The Morgan fingerprint density at radius 2 is 1.80 bits per heavy atom. The van der Waals surface area contributed by atoms with Crippen LogP contribution in [0.2, 0.25) is 13.1 Å². The number of fused-ring (bicyclic) bond motifs is 1. The predicted molar refractivity (Wildman–Crippen MR) is 103 cm³/mol. The van der Waals surface area contributed by atoms with Crippen LogP contribution in [-0.2, 0) is 15.6 Å². The zero-order valence-electron chi connectivity index (χ0n) is 17.0. The Bertz CT molecular complexity index is 705. The van der Waals surface area contributed by atoms with Crippen LogP contribution in [0.15, 0.2) is 6.07 Å². The number of aliphatic carboxylic acids is 1. The Kier molecular flexibility index (Phi) is 4.90. The van der Waals surface area contributed by atoms with Gasteiger partial charge < -0.3 is 14.3 Å². The molecule has 5 heteroatoms. The van der Waals surface area contributed by atoms with Gasteiger partial charge >= 0.3 is 5.97 Å². The second-order valence-electron chi connectivity index (χ2n) is 8.80. The van der Waals surface area contributed by atoms with Crippen molar-refractivity contribution in [1.82, 2.24) is 0 Å². The highest BCUT2D eigenvalue weighted by molar-refractivity contribution is 6.48. The summed E-state index contributed by atoms with van der Waals surface area (Å²) in [4.78, 5) is 12.4. The van der Waals surface area contributed by atoms with E-state index in [1.54, 1.807) is 6.92 Å². The number of aryl methyl sites for hydroxylation is 2. The van der Waals surface area contributed by atoms with Crippen molar-refractivity contribution in [1.29, 1.82) is 0 Å². The lowest BCUT2D eigenvalue weighted by atomic mass is 9.62. The second-order valence-corrected chi connectivity index (χ2v) is 11.1. The van der Waals surface area contributed by atoms with Crippen molar-refractivity contribution >= 4 is 15.0 Å². The summed E-state index contributed by atoms with van der Waals surface area (Å²) in [5.41, 5.74) is 1.57. The van der Waals surface area contributed by atoms with Crippen molar-refractivity contribution in [2.45, 2.75) is 79.2 Å². The average molecular weight is 365 g/mol. The van der Waals surface area contributed by atoms with Gasteiger partial charge in [0.05, 0.1) is 0 Å². The summed E-state index contributed by atoms with van der Waals surface area (Å²) < 4.78 is 12.8. The highest BCUT2D eigenvalue weighted by Crippen LogP contribution is 2.53. The minimum atomic E-state index is -1.53. The molecule has 1 heterocycles. The molecule has 1 aromatic rings. The third-order valence-electron chi connectivity index (χ3n) is 5.67. The largest absolute Gasteiger partial charge is 0.478 e. The lowest BCUT2D eigenvalue weighted by Gasteiger charge is -2.57. The molecule has 25 heavy (non-hydrogen) atoms. The molecule has 0 amide bonds. The summed E-state index contributed by atoms with van der Waals surface area (Å²) in [6, 6.07) is 2.15. The first kappa shape index (κ1) is 20.0. The molecule has 0 spiro atoms. The van der Waals surface area contributed by atoms with Gasteiger partial charge in [-0.1, -0.05) is 26.8 Å². The number of carboxylic acids is 1. The number of carboxylic acid groups (broad SMARTS) is 1. The topological polar surface area (TPSA) is 55.8 Å². The normalized spacial score (nSPS) is 26.3. The molecule has 2 unspecified atom stereocenters. The van der Waals surface area contributed by atoms with Gasteiger partial charge in [0.15, 0.2) is 9.04 Å². The van der Waals surface area contributed by atoms with Crippen LogP contribution in [0.5, 0.6) is 5.75 Å². The van der Waals surface area contributed by atoms with E-state index in [1.807, 2.05) is 13.8 Å². The predicted octanol–water partition coefficient (Wildman–Crippen LogP) is 4.17. The van der Waals surface area contributed by atoms with E-state index in [0.29, 0.717) is 6.42 Å². The first-order chi connectivity index (χ1) is 11.3. The number of carbonyl (C=O) groups is 1. The molecule has 2 atom stereocenters. The molecule has 0 fully saturated rings. The lowest BCUT2D eigenvalue weighted by Crippen LogP contribution is -2.71. The molecule has 1 aromatic carbocycles. The van der Waals surface area contributed by atoms with Crippen LogP contribution >= 0.6 is 0 Å². The van der Waals surface area contributed by atoms with Gasteiger partial charge in [-0.3, -0.25) is 0 Å². The van der Waals surface area contributed by atoms with Crippen molar-refractivity contribution < 1.29 is 19.1 Å². The Labute approximate surface area is 153 Å². The van der Waals surface area contributed by atoms with E-state index in [-0.39, 0.29) is 0 Å². The minimum absolute atomic E-state index is 0.402. The first-order valence-corrected chi connectivity index (χ1v) is 11.7. The summed E-state index contributed by atoms with van der Waals surface area (Å²) >= 11 is 0. The van der Waals surface area contributed by atoms with E-state index in [0.717, 1.165) is 28.0 Å². The van der Waals surface area contributed by atoms with Crippen LogP contribution in [0.25, 0.3) is 0 Å². The van der Waals surface area contributed by atoms with E-state index in [9.17, 15) is 9.90 Å². The van der Waals surface area contributed by atoms with Crippen LogP contribution in [0.3, 0.4) is 0 Å². The van der Waals surface area contributed by atoms with Crippen LogP contribution in [-0.4, -0.2) is 31.3 Å². The van der Waals surface area contributed by atoms with E-state index >= 15 is 0 Å². The molecule has 140 valence electrons. The van der Waals surface area contributed by atoms with Gasteiger partial charge in [-0.2, -0.15) is 0 Å². The van der Waals surface area contributed by atoms with Crippen molar-refractivity contribution in [2.75, 3.05) is 0 Å². The maximum atomic E-state index is 12.4. The fourth-order valence-corrected chi connectivity index (χ4v) is 5.56. The maximum absolute atomic E-state index is 12.4. The molecular formula is C20H32O4Si. The Hall–Kier alpha value is -1.33. The monoisotopic (exact) mass is 364 g/mol. The van der Waals surface area contributed by atoms with Crippen molar-refractivity contribution in [2.24, 2.45) is 5.41 Å². The average Bonchev–Trinajstić information content (AvgIpc) is 2.44. The quantitative estimate of drug-likeness (QED) is 0.818. The summed E-state index contributed by atoms with van der Waals surface area (Å²) in [5, 5.41) is 10.2. The molecule has 4 nitrogen and oxygen atoms in total. The van der Waals surface area contributed by atoms with E-state index in [1.165, 1.54) is 0 Å². The number of hydrogen-bond acceptors (Lipinski definition) is 3. The van der Waals surface area contributed by atoms with Gasteiger partial charge in [-0.05, 0) is 62.9 Å². The van der Waals surface area contributed by atoms with Crippen molar-refractivity contribution in [3.63, 3.8) is 0 Å². The standard InChI is InChI=1S/C20H32O4Si/c1-12-10-13(2)15-11-20(18(4,5)6,24-25(8)9)19(7,17(21)22)23-16(15)14(12)3/h10,25H,11H2,1-9H3,(H,21,22). The Balaban J connectivity index is 2.84. The molecule has 1 aliphatic heterocycles. The Morgan fingerprint density at radius 1 is 1.24 bits per heavy atom. The molecular weight excluding hydrogens is 332 g/mol. The van der Waals surface area contributed by atoms with Gasteiger partial charge in [-0.15, -0.1) is 0 Å². The summed E-state index contributed by atoms with van der Waals surface area (Å²) in [6.45, 7) is 18.1. The maximum Gasteiger partial charge on any atom is 0.350 e. The van der Waals surface area contributed by atoms with E-state index < -0.39 is 31.6 Å². The van der Waals surface area contributed by atoms with E-state index in [2.05, 4.69) is 46.9 Å². The zero-order chi connectivity index (χ0) is 19.4. The van der Waals surface area contributed by atoms with Crippen molar-refractivity contribution in [3.05, 3.63) is 28.3 Å². The van der Waals surface area contributed by atoms with Gasteiger partial charge in [0.25, 0.3) is 0 Å². The number of ether oxygens (including phenoxy) is 1. The molecule has 0 bridgehead atoms. The smallest absolute Gasteiger partial charge is 0.350 e. The summed E-state index contributed by atoms with van der Waals surface area (Å²) in [5.74, 6) is -0.252. The van der Waals surface area contributed by atoms with Gasteiger partial charge in [0, 0.05) is 12.0 Å². The zero-order valence-corrected chi connectivity index (χ0v) is 18.2. The molecule has 0 radical (unpaired) electrons. The van der Waals surface area contributed by atoms with Gasteiger partial charge in [-0.25, -0.2) is 4.79 Å². The third kappa shape index (κ3) is 2.91. The van der Waals surface area contributed by atoms with Crippen LogP contribution < -0.4 is 4.74 Å². The van der Waals surface area contributed by atoms with Gasteiger partial charge in [0.1, 0.15) is 11.4 Å². The first-order valence-electron chi connectivity index (χ1n) is 8.96. The molecule has 0 saturated carbocycles. The summed E-state index contributed by atoms with van der Waals surface area (Å²) in [7, 11) is -1.53. The minimum Gasteiger partial charge on any atom is -0.478 e. The Morgan fingerprint density at radius 3 is 2.24 bits per heavy atom. The lowest BCUT2D eigenvalue weighted by molar-refractivity contribution is -0.203. The van der Waals surface area contributed by atoms with Crippen molar-refractivity contribution in [3.8, 4) is 5.75 Å². The molecule has 0 saturated heterocycles. The highest BCUT2D eigenvalue weighted by atomic mass is 28.3. The third-order valence-corrected chi connectivity index (χ3v) is 6.55.